The van der Waals surface area contributed by atoms with Gasteiger partial charge >= 0.3 is 0 Å². The third kappa shape index (κ3) is 4.89. The molecule has 1 fully saturated rings. The molecule has 1 aromatic carbocycles. The van der Waals surface area contributed by atoms with E-state index in [0.29, 0.717) is 37.6 Å². The Kier molecular flexibility index (Phi) is 6.16. The molecule has 1 aliphatic rings. The molecule has 30 heavy (non-hydrogen) atoms. The topological polar surface area (TPSA) is 60.2 Å². The van der Waals surface area contributed by atoms with Crippen molar-refractivity contribution in [3.63, 3.8) is 0 Å². The number of carbonyl (C=O) groups excluding carboxylic acids is 1. The summed E-state index contributed by atoms with van der Waals surface area (Å²) in [6, 6.07) is 11.7. The zero-order valence-electron chi connectivity index (χ0n) is 17.2. The minimum atomic E-state index is -0.232. The molecular weight excluding hydrogens is 400 g/mol. The molecule has 7 heteroatoms. The van der Waals surface area contributed by atoms with Crippen LogP contribution in [0.15, 0.2) is 48.8 Å². The zero-order chi connectivity index (χ0) is 21.1. The van der Waals surface area contributed by atoms with E-state index in [1.54, 1.807) is 4.68 Å². The number of hydrogen-bond donors (Lipinski definition) is 0. The standard InChI is InChI=1S/C23H25ClN4O2/c1-16-10-18(19-13-25-27(2)14-19)12-21(26-16)22-15-28(8-9-30-22)23(29)7-6-17-4-3-5-20(24)11-17/h3-5,10-14,22H,6-9,15H2,1-2H3/t22-/m0/s1. The Bertz CT molecular complexity index is 1050. The summed E-state index contributed by atoms with van der Waals surface area (Å²) in [4.78, 5) is 19.4. The number of aryl methyl sites for hydroxylation is 3. The van der Waals surface area contributed by atoms with Gasteiger partial charge in [-0.1, -0.05) is 23.7 Å². The van der Waals surface area contributed by atoms with E-state index in [-0.39, 0.29) is 12.0 Å². The number of carbonyl (C=O) groups is 1. The summed E-state index contributed by atoms with van der Waals surface area (Å²) in [6.45, 7) is 3.59. The van der Waals surface area contributed by atoms with Crippen LogP contribution in [0.3, 0.4) is 0 Å². The van der Waals surface area contributed by atoms with E-state index in [9.17, 15) is 4.79 Å². The number of halogens is 1. The highest BCUT2D eigenvalue weighted by molar-refractivity contribution is 6.30. The van der Waals surface area contributed by atoms with Crippen LogP contribution in [0.4, 0.5) is 0 Å². The Morgan fingerprint density at radius 1 is 1.27 bits per heavy atom. The molecule has 1 amide bonds. The summed E-state index contributed by atoms with van der Waals surface area (Å²) < 4.78 is 7.76. The normalized spacial score (nSPS) is 16.6. The minimum absolute atomic E-state index is 0.128. The first-order valence-corrected chi connectivity index (χ1v) is 10.5. The summed E-state index contributed by atoms with van der Waals surface area (Å²) in [6.07, 6.45) is 4.71. The highest BCUT2D eigenvalue weighted by Crippen LogP contribution is 2.27. The molecule has 0 unspecified atom stereocenters. The predicted molar refractivity (Wildman–Crippen MR) is 116 cm³/mol. The van der Waals surface area contributed by atoms with Crippen molar-refractivity contribution in [3.8, 4) is 11.1 Å². The van der Waals surface area contributed by atoms with Gasteiger partial charge in [0, 0.05) is 42.5 Å². The van der Waals surface area contributed by atoms with Crippen LogP contribution in [0.5, 0.6) is 0 Å². The molecule has 0 spiro atoms. The second kappa shape index (κ2) is 8.98. The van der Waals surface area contributed by atoms with Crippen LogP contribution in [-0.2, 0) is 23.0 Å². The third-order valence-electron chi connectivity index (χ3n) is 5.28. The van der Waals surface area contributed by atoms with Crippen LogP contribution >= 0.6 is 11.6 Å². The summed E-state index contributed by atoms with van der Waals surface area (Å²) >= 11 is 6.04. The van der Waals surface area contributed by atoms with E-state index < -0.39 is 0 Å². The van der Waals surface area contributed by atoms with Crippen LogP contribution in [0.25, 0.3) is 11.1 Å². The highest BCUT2D eigenvalue weighted by Gasteiger charge is 2.26. The Morgan fingerprint density at radius 2 is 2.13 bits per heavy atom. The van der Waals surface area contributed by atoms with Crippen molar-refractivity contribution in [3.05, 3.63) is 70.8 Å². The van der Waals surface area contributed by atoms with Crippen LogP contribution in [0.1, 0.15) is 29.5 Å². The van der Waals surface area contributed by atoms with Gasteiger partial charge in [-0.3, -0.25) is 14.5 Å². The van der Waals surface area contributed by atoms with Crippen molar-refractivity contribution in [2.24, 2.45) is 7.05 Å². The number of hydrogen-bond acceptors (Lipinski definition) is 4. The van der Waals surface area contributed by atoms with Gasteiger partial charge in [-0.15, -0.1) is 0 Å². The van der Waals surface area contributed by atoms with Gasteiger partial charge in [0.15, 0.2) is 0 Å². The molecule has 0 saturated carbocycles. The maximum atomic E-state index is 12.8. The molecule has 3 heterocycles. The Hall–Kier alpha value is -2.70. The largest absolute Gasteiger partial charge is 0.368 e. The van der Waals surface area contributed by atoms with E-state index in [4.69, 9.17) is 16.3 Å². The summed E-state index contributed by atoms with van der Waals surface area (Å²) in [5, 5.41) is 4.95. The molecule has 4 rings (SSSR count). The lowest BCUT2D eigenvalue weighted by Crippen LogP contribution is -2.42. The molecule has 156 valence electrons. The lowest BCUT2D eigenvalue weighted by molar-refractivity contribution is -0.139. The molecule has 2 aromatic heterocycles. The summed E-state index contributed by atoms with van der Waals surface area (Å²) in [5.41, 5.74) is 4.93. The number of benzene rings is 1. The zero-order valence-corrected chi connectivity index (χ0v) is 18.0. The number of amides is 1. The van der Waals surface area contributed by atoms with Gasteiger partial charge in [0.1, 0.15) is 6.10 Å². The fraction of sp³-hybridized carbons (Fsp3) is 0.348. The van der Waals surface area contributed by atoms with Crippen molar-refractivity contribution in [2.75, 3.05) is 19.7 Å². The molecule has 1 saturated heterocycles. The van der Waals surface area contributed by atoms with Gasteiger partial charge in [0.2, 0.25) is 5.91 Å². The summed E-state index contributed by atoms with van der Waals surface area (Å²) in [5.74, 6) is 0.128. The molecule has 1 aliphatic heterocycles. The monoisotopic (exact) mass is 424 g/mol. The molecule has 0 radical (unpaired) electrons. The van der Waals surface area contributed by atoms with Crippen molar-refractivity contribution >= 4 is 17.5 Å². The lowest BCUT2D eigenvalue weighted by atomic mass is 10.1. The Labute approximate surface area is 181 Å². The maximum absolute atomic E-state index is 12.8. The second-order valence-corrected chi connectivity index (χ2v) is 8.09. The second-order valence-electron chi connectivity index (χ2n) is 7.65. The number of nitrogens with zero attached hydrogens (tertiary/aromatic N) is 4. The third-order valence-corrected chi connectivity index (χ3v) is 5.51. The smallest absolute Gasteiger partial charge is 0.223 e. The molecule has 0 aliphatic carbocycles. The molecule has 0 bridgehead atoms. The molecule has 1 atom stereocenters. The summed E-state index contributed by atoms with van der Waals surface area (Å²) in [7, 11) is 1.90. The van der Waals surface area contributed by atoms with Crippen molar-refractivity contribution in [1.29, 1.82) is 0 Å². The molecular formula is C23H25ClN4O2. The van der Waals surface area contributed by atoms with Gasteiger partial charge in [0.25, 0.3) is 0 Å². The highest BCUT2D eigenvalue weighted by atomic mass is 35.5. The fourth-order valence-electron chi connectivity index (χ4n) is 3.75. The van der Waals surface area contributed by atoms with Gasteiger partial charge in [-0.2, -0.15) is 5.10 Å². The average molecular weight is 425 g/mol. The van der Waals surface area contributed by atoms with Crippen LogP contribution < -0.4 is 0 Å². The maximum Gasteiger partial charge on any atom is 0.223 e. The van der Waals surface area contributed by atoms with E-state index >= 15 is 0 Å². The van der Waals surface area contributed by atoms with E-state index in [2.05, 4.69) is 10.1 Å². The first-order chi connectivity index (χ1) is 14.5. The van der Waals surface area contributed by atoms with E-state index in [1.165, 1.54) is 0 Å². The molecule has 0 N–H and O–H groups in total. The quantitative estimate of drug-likeness (QED) is 0.621. The number of ether oxygens (including phenoxy) is 1. The van der Waals surface area contributed by atoms with Gasteiger partial charge in [-0.05, 0) is 48.7 Å². The van der Waals surface area contributed by atoms with Crippen LogP contribution in [-0.4, -0.2) is 45.3 Å². The van der Waals surface area contributed by atoms with Crippen molar-refractivity contribution in [2.45, 2.75) is 25.9 Å². The number of aromatic nitrogens is 3. The number of rotatable bonds is 5. The van der Waals surface area contributed by atoms with Crippen LogP contribution in [0.2, 0.25) is 5.02 Å². The first-order valence-electron chi connectivity index (χ1n) is 10.1. The van der Waals surface area contributed by atoms with E-state index in [0.717, 1.165) is 28.1 Å². The Balaban J connectivity index is 1.44. The van der Waals surface area contributed by atoms with Gasteiger partial charge in [0.05, 0.1) is 25.0 Å². The van der Waals surface area contributed by atoms with Crippen LogP contribution in [0, 0.1) is 6.92 Å². The average Bonchev–Trinajstić information content (AvgIpc) is 3.18. The first kappa shape index (κ1) is 20.6. The molecule has 3 aromatic rings. The minimum Gasteiger partial charge on any atom is -0.368 e. The van der Waals surface area contributed by atoms with E-state index in [1.807, 2.05) is 67.7 Å². The van der Waals surface area contributed by atoms with Crippen molar-refractivity contribution in [1.82, 2.24) is 19.7 Å². The number of pyridine rings is 1. The van der Waals surface area contributed by atoms with Crippen molar-refractivity contribution < 1.29 is 9.53 Å². The fourth-order valence-corrected chi connectivity index (χ4v) is 3.97. The van der Waals surface area contributed by atoms with Gasteiger partial charge < -0.3 is 9.64 Å². The Morgan fingerprint density at radius 3 is 2.90 bits per heavy atom. The molecule has 6 nitrogen and oxygen atoms in total. The number of morpholine rings is 1. The van der Waals surface area contributed by atoms with Gasteiger partial charge in [-0.25, -0.2) is 0 Å². The SMILES string of the molecule is Cc1cc(-c2cnn(C)c2)cc([C@@H]2CN(C(=O)CCc3cccc(Cl)c3)CCO2)n1. The predicted octanol–water partition coefficient (Wildman–Crippen LogP) is 3.98. The lowest BCUT2D eigenvalue weighted by Gasteiger charge is -2.33.